The standard InChI is InChI=1S/C15H26N2O2/c18-15(8-12-2-1-6-16-9-12)17(14-3-4-14)10-13-5-7-19-11-13/h12-14,16H,1-11H2. The lowest BCUT2D eigenvalue weighted by atomic mass is 9.95. The molecule has 3 fully saturated rings. The molecule has 0 aromatic carbocycles. The fraction of sp³-hybridized carbons (Fsp3) is 0.933. The fourth-order valence-corrected chi connectivity index (χ4v) is 3.31. The zero-order valence-electron chi connectivity index (χ0n) is 11.8. The van der Waals surface area contributed by atoms with Crippen molar-refractivity contribution >= 4 is 5.91 Å². The first kappa shape index (κ1) is 13.4. The van der Waals surface area contributed by atoms with Crippen LogP contribution in [0.4, 0.5) is 0 Å². The molecule has 0 aromatic rings. The fourth-order valence-electron chi connectivity index (χ4n) is 3.31. The second-order valence-corrected chi connectivity index (χ2v) is 6.42. The number of carbonyl (C=O) groups excluding carboxylic acids is 1. The molecule has 2 aliphatic heterocycles. The highest BCUT2D eigenvalue weighted by Crippen LogP contribution is 2.30. The van der Waals surface area contributed by atoms with E-state index in [1.807, 2.05) is 0 Å². The van der Waals surface area contributed by atoms with E-state index in [0.717, 1.165) is 45.7 Å². The molecule has 1 amide bonds. The summed E-state index contributed by atoms with van der Waals surface area (Å²) in [7, 11) is 0. The summed E-state index contributed by atoms with van der Waals surface area (Å²) in [6, 6.07) is 0.546. The van der Waals surface area contributed by atoms with Gasteiger partial charge in [0.2, 0.25) is 5.91 Å². The van der Waals surface area contributed by atoms with Gasteiger partial charge in [-0.2, -0.15) is 0 Å². The lowest BCUT2D eigenvalue weighted by Gasteiger charge is -2.29. The van der Waals surface area contributed by atoms with Crippen molar-refractivity contribution in [3.63, 3.8) is 0 Å². The monoisotopic (exact) mass is 266 g/mol. The zero-order valence-corrected chi connectivity index (χ0v) is 11.8. The molecular weight excluding hydrogens is 240 g/mol. The Kier molecular flexibility index (Phi) is 4.38. The molecule has 1 aliphatic carbocycles. The van der Waals surface area contributed by atoms with E-state index in [1.165, 1.54) is 25.7 Å². The quantitative estimate of drug-likeness (QED) is 0.818. The highest BCUT2D eigenvalue weighted by atomic mass is 16.5. The summed E-state index contributed by atoms with van der Waals surface area (Å²) in [5.41, 5.74) is 0. The maximum Gasteiger partial charge on any atom is 0.223 e. The third kappa shape index (κ3) is 3.69. The highest BCUT2D eigenvalue weighted by Gasteiger charge is 2.35. The first-order valence-corrected chi connectivity index (χ1v) is 7.91. The number of hydrogen-bond acceptors (Lipinski definition) is 3. The highest BCUT2D eigenvalue weighted by molar-refractivity contribution is 5.77. The molecule has 2 atom stereocenters. The van der Waals surface area contributed by atoms with E-state index in [1.54, 1.807) is 0 Å². The zero-order chi connectivity index (χ0) is 13.1. The summed E-state index contributed by atoms with van der Waals surface area (Å²) in [4.78, 5) is 14.7. The van der Waals surface area contributed by atoms with E-state index >= 15 is 0 Å². The molecule has 1 saturated carbocycles. The molecule has 2 unspecified atom stereocenters. The molecule has 1 N–H and O–H groups in total. The van der Waals surface area contributed by atoms with Crippen LogP contribution in [0.5, 0.6) is 0 Å². The summed E-state index contributed by atoms with van der Waals surface area (Å²) in [6.45, 7) is 4.81. The number of hydrogen-bond donors (Lipinski definition) is 1. The van der Waals surface area contributed by atoms with Gasteiger partial charge in [0, 0.05) is 31.5 Å². The van der Waals surface area contributed by atoms with Crippen molar-refractivity contribution in [2.45, 2.75) is 44.6 Å². The summed E-state index contributed by atoms with van der Waals surface area (Å²) < 4.78 is 5.44. The molecule has 19 heavy (non-hydrogen) atoms. The predicted molar refractivity (Wildman–Crippen MR) is 73.9 cm³/mol. The maximum atomic E-state index is 12.5. The summed E-state index contributed by atoms with van der Waals surface area (Å²) in [6.07, 6.45) is 6.73. The number of amides is 1. The van der Waals surface area contributed by atoms with Crippen molar-refractivity contribution in [3.8, 4) is 0 Å². The summed E-state index contributed by atoms with van der Waals surface area (Å²) in [5.74, 6) is 1.53. The first-order valence-electron chi connectivity index (χ1n) is 7.91. The normalized spacial score (nSPS) is 31.4. The average Bonchev–Trinajstić information content (AvgIpc) is 3.14. The van der Waals surface area contributed by atoms with Crippen LogP contribution in [0.15, 0.2) is 0 Å². The maximum absolute atomic E-state index is 12.5. The average molecular weight is 266 g/mol. The topological polar surface area (TPSA) is 41.6 Å². The summed E-state index contributed by atoms with van der Waals surface area (Å²) >= 11 is 0. The Balaban J connectivity index is 1.51. The van der Waals surface area contributed by atoms with Gasteiger partial charge in [-0.05, 0) is 51.1 Å². The van der Waals surface area contributed by atoms with Crippen LogP contribution in [-0.2, 0) is 9.53 Å². The number of rotatable bonds is 5. The Morgan fingerprint density at radius 3 is 2.74 bits per heavy atom. The van der Waals surface area contributed by atoms with E-state index in [-0.39, 0.29) is 0 Å². The molecule has 3 aliphatic rings. The molecule has 0 bridgehead atoms. The number of nitrogens with zero attached hydrogens (tertiary/aromatic N) is 1. The van der Waals surface area contributed by atoms with Gasteiger partial charge in [0.15, 0.2) is 0 Å². The molecule has 0 radical (unpaired) electrons. The van der Waals surface area contributed by atoms with Crippen molar-refractivity contribution < 1.29 is 9.53 Å². The van der Waals surface area contributed by atoms with Gasteiger partial charge in [-0.25, -0.2) is 0 Å². The molecule has 4 heteroatoms. The Bertz CT molecular complexity index is 305. The second kappa shape index (κ2) is 6.23. The number of nitrogens with one attached hydrogen (secondary N) is 1. The smallest absolute Gasteiger partial charge is 0.223 e. The van der Waals surface area contributed by atoms with Crippen LogP contribution >= 0.6 is 0 Å². The van der Waals surface area contributed by atoms with Crippen LogP contribution < -0.4 is 5.32 Å². The Morgan fingerprint density at radius 2 is 2.11 bits per heavy atom. The third-order valence-corrected chi connectivity index (χ3v) is 4.65. The lowest BCUT2D eigenvalue weighted by molar-refractivity contribution is -0.133. The van der Waals surface area contributed by atoms with Gasteiger partial charge in [0.05, 0.1) is 6.61 Å². The molecule has 4 nitrogen and oxygen atoms in total. The van der Waals surface area contributed by atoms with Crippen LogP contribution in [0.3, 0.4) is 0 Å². The Hall–Kier alpha value is -0.610. The Labute approximate surface area is 115 Å². The number of carbonyl (C=O) groups is 1. The van der Waals surface area contributed by atoms with E-state index in [9.17, 15) is 4.79 Å². The molecular formula is C15H26N2O2. The molecule has 0 spiro atoms. The predicted octanol–water partition coefficient (Wildman–Crippen LogP) is 1.40. The van der Waals surface area contributed by atoms with Gasteiger partial charge in [0.1, 0.15) is 0 Å². The van der Waals surface area contributed by atoms with Gasteiger partial charge >= 0.3 is 0 Å². The van der Waals surface area contributed by atoms with E-state index in [4.69, 9.17) is 4.74 Å². The third-order valence-electron chi connectivity index (χ3n) is 4.65. The minimum Gasteiger partial charge on any atom is -0.381 e. The molecule has 2 heterocycles. The van der Waals surface area contributed by atoms with E-state index in [0.29, 0.717) is 23.8 Å². The molecule has 2 saturated heterocycles. The van der Waals surface area contributed by atoms with Crippen LogP contribution in [-0.4, -0.2) is 49.7 Å². The number of ether oxygens (including phenoxy) is 1. The second-order valence-electron chi connectivity index (χ2n) is 6.42. The van der Waals surface area contributed by atoms with Crippen molar-refractivity contribution in [1.82, 2.24) is 10.2 Å². The Morgan fingerprint density at radius 1 is 1.21 bits per heavy atom. The minimum atomic E-state index is 0.392. The van der Waals surface area contributed by atoms with Crippen molar-refractivity contribution in [3.05, 3.63) is 0 Å². The van der Waals surface area contributed by atoms with Crippen LogP contribution in [0.1, 0.15) is 38.5 Å². The number of piperidine rings is 1. The van der Waals surface area contributed by atoms with Crippen LogP contribution in [0.25, 0.3) is 0 Å². The van der Waals surface area contributed by atoms with E-state index < -0.39 is 0 Å². The van der Waals surface area contributed by atoms with Gasteiger partial charge in [-0.1, -0.05) is 0 Å². The van der Waals surface area contributed by atoms with Gasteiger partial charge < -0.3 is 15.0 Å². The lowest BCUT2D eigenvalue weighted by Crippen LogP contribution is -2.40. The largest absolute Gasteiger partial charge is 0.381 e. The van der Waals surface area contributed by atoms with Gasteiger partial charge in [-0.15, -0.1) is 0 Å². The van der Waals surface area contributed by atoms with Gasteiger partial charge in [-0.3, -0.25) is 4.79 Å². The van der Waals surface area contributed by atoms with Crippen LogP contribution in [0.2, 0.25) is 0 Å². The molecule has 3 rings (SSSR count). The van der Waals surface area contributed by atoms with Crippen LogP contribution in [0, 0.1) is 11.8 Å². The first-order chi connectivity index (χ1) is 9.33. The van der Waals surface area contributed by atoms with Gasteiger partial charge in [0.25, 0.3) is 0 Å². The molecule has 108 valence electrons. The van der Waals surface area contributed by atoms with Crippen molar-refractivity contribution in [2.75, 3.05) is 32.8 Å². The molecule has 0 aromatic heterocycles. The SMILES string of the molecule is O=C(CC1CCCNC1)N(CC1CCOC1)C1CC1. The van der Waals surface area contributed by atoms with E-state index in [2.05, 4.69) is 10.2 Å². The van der Waals surface area contributed by atoms with Crippen molar-refractivity contribution in [2.24, 2.45) is 11.8 Å². The van der Waals surface area contributed by atoms with Crippen molar-refractivity contribution in [1.29, 1.82) is 0 Å². The summed E-state index contributed by atoms with van der Waals surface area (Å²) in [5, 5.41) is 3.41. The minimum absolute atomic E-state index is 0.392.